The van der Waals surface area contributed by atoms with Gasteiger partial charge in [-0.1, -0.05) is 36.2 Å². The SMILES string of the molecule is Cc1cccc(C(=O)N2c3ccc(C(=O)NCC4CCCC(CN)C4)cc3NC(=O)CC2c2ccc(F)cc2)c1. The molecule has 1 heterocycles. The number of anilines is 2. The molecular weight excluding hydrogens is 507 g/mol. The summed E-state index contributed by atoms with van der Waals surface area (Å²) in [5, 5.41) is 5.94. The second-order valence-electron chi connectivity index (χ2n) is 10.9. The molecule has 0 saturated heterocycles. The molecule has 0 bridgehead atoms. The van der Waals surface area contributed by atoms with Crippen LogP contribution in [0.5, 0.6) is 0 Å². The first-order valence-electron chi connectivity index (χ1n) is 13.9. The Morgan fingerprint density at radius 2 is 1.80 bits per heavy atom. The van der Waals surface area contributed by atoms with Crippen molar-refractivity contribution < 1.29 is 18.8 Å². The molecular formula is C32H35FN4O3. The molecule has 4 N–H and O–H groups in total. The summed E-state index contributed by atoms with van der Waals surface area (Å²) < 4.78 is 13.8. The zero-order valence-electron chi connectivity index (χ0n) is 22.7. The maximum atomic E-state index is 14.0. The van der Waals surface area contributed by atoms with Gasteiger partial charge in [0.15, 0.2) is 0 Å². The third kappa shape index (κ3) is 6.07. The Hall–Kier alpha value is -4.04. The highest BCUT2D eigenvalue weighted by molar-refractivity contribution is 6.12. The fourth-order valence-corrected chi connectivity index (χ4v) is 5.88. The molecule has 1 aliphatic heterocycles. The molecule has 0 aromatic heterocycles. The van der Waals surface area contributed by atoms with Gasteiger partial charge in [0, 0.05) is 17.7 Å². The van der Waals surface area contributed by atoms with Gasteiger partial charge in [-0.3, -0.25) is 19.3 Å². The van der Waals surface area contributed by atoms with Crippen LogP contribution in [-0.4, -0.2) is 30.8 Å². The number of halogens is 1. The fourth-order valence-electron chi connectivity index (χ4n) is 5.88. The maximum absolute atomic E-state index is 14.0. The summed E-state index contributed by atoms with van der Waals surface area (Å²) in [6, 6.07) is 17.4. The first-order valence-corrected chi connectivity index (χ1v) is 13.9. The lowest BCUT2D eigenvalue weighted by molar-refractivity contribution is -0.116. The largest absolute Gasteiger partial charge is 0.352 e. The van der Waals surface area contributed by atoms with Crippen LogP contribution in [-0.2, 0) is 4.79 Å². The molecule has 3 unspecified atom stereocenters. The lowest BCUT2D eigenvalue weighted by Crippen LogP contribution is -2.35. The average Bonchev–Trinajstić information content (AvgIpc) is 3.11. The van der Waals surface area contributed by atoms with E-state index in [1.165, 1.54) is 12.1 Å². The zero-order valence-corrected chi connectivity index (χ0v) is 22.7. The summed E-state index contributed by atoms with van der Waals surface area (Å²) >= 11 is 0. The molecule has 208 valence electrons. The van der Waals surface area contributed by atoms with Crippen LogP contribution in [0.4, 0.5) is 15.8 Å². The molecule has 3 amide bonds. The Labute approximate surface area is 233 Å². The van der Waals surface area contributed by atoms with E-state index in [4.69, 9.17) is 5.73 Å². The molecule has 3 aromatic rings. The molecule has 3 aromatic carbocycles. The van der Waals surface area contributed by atoms with Crippen molar-refractivity contribution in [3.8, 4) is 0 Å². The van der Waals surface area contributed by atoms with Crippen molar-refractivity contribution in [3.05, 3.63) is 94.8 Å². The van der Waals surface area contributed by atoms with Crippen LogP contribution in [0.15, 0.2) is 66.7 Å². The normalized spacial score (nSPS) is 20.7. The Morgan fingerprint density at radius 3 is 2.55 bits per heavy atom. The number of hydrogen-bond acceptors (Lipinski definition) is 4. The Morgan fingerprint density at radius 1 is 1.02 bits per heavy atom. The predicted octanol–water partition coefficient (Wildman–Crippen LogP) is 5.36. The number of nitrogens with one attached hydrogen (secondary N) is 2. The first-order chi connectivity index (χ1) is 19.3. The molecule has 8 heteroatoms. The Balaban J connectivity index is 1.47. The molecule has 1 aliphatic carbocycles. The van der Waals surface area contributed by atoms with E-state index in [1.807, 2.05) is 19.1 Å². The summed E-state index contributed by atoms with van der Waals surface area (Å²) in [5.74, 6) is -0.332. The van der Waals surface area contributed by atoms with Crippen molar-refractivity contribution in [2.45, 2.75) is 45.1 Å². The van der Waals surface area contributed by atoms with Crippen LogP contribution >= 0.6 is 0 Å². The molecule has 0 spiro atoms. The standard InChI is InChI=1S/C32H35FN4O3/c1-20-4-2-7-25(14-20)32(40)37-28-13-10-24(31(39)35-19-22-6-3-5-21(15-22)18-34)16-27(28)36-30(38)17-29(37)23-8-11-26(33)12-9-23/h2,4,7-14,16,21-22,29H,3,5-6,15,17-19,34H2,1H3,(H,35,39)(H,36,38). The lowest BCUT2D eigenvalue weighted by Gasteiger charge is -2.31. The van der Waals surface area contributed by atoms with Crippen LogP contribution in [0.3, 0.4) is 0 Å². The molecule has 7 nitrogen and oxygen atoms in total. The summed E-state index contributed by atoms with van der Waals surface area (Å²) in [5.41, 5.74) is 9.15. The highest BCUT2D eigenvalue weighted by Crippen LogP contribution is 2.40. The third-order valence-corrected chi connectivity index (χ3v) is 8.00. The molecule has 5 rings (SSSR count). The van der Waals surface area contributed by atoms with Crippen molar-refractivity contribution in [1.82, 2.24) is 5.32 Å². The number of carbonyl (C=O) groups excluding carboxylic acids is 3. The third-order valence-electron chi connectivity index (χ3n) is 8.00. The van der Waals surface area contributed by atoms with Gasteiger partial charge in [-0.2, -0.15) is 0 Å². The van der Waals surface area contributed by atoms with E-state index in [0.717, 1.165) is 31.2 Å². The predicted molar refractivity (Wildman–Crippen MR) is 154 cm³/mol. The highest BCUT2D eigenvalue weighted by Gasteiger charge is 2.34. The van der Waals surface area contributed by atoms with Crippen LogP contribution in [0, 0.1) is 24.6 Å². The monoisotopic (exact) mass is 542 g/mol. The molecule has 0 radical (unpaired) electrons. The van der Waals surface area contributed by atoms with Crippen LogP contribution < -0.4 is 21.3 Å². The van der Waals surface area contributed by atoms with E-state index in [9.17, 15) is 18.8 Å². The van der Waals surface area contributed by atoms with Gasteiger partial charge in [0.1, 0.15) is 5.82 Å². The highest BCUT2D eigenvalue weighted by atomic mass is 19.1. The van der Waals surface area contributed by atoms with Crippen LogP contribution in [0.2, 0.25) is 0 Å². The van der Waals surface area contributed by atoms with Gasteiger partial charge < -0.3 is 16.4 Å². The van der Waals surface area contributed by atoms with E-state index >= 15 is 0 Å². The van der Waals surface area contributed by atoms with Gasteiger partial charge in [0.05, 0.1) is 23.8 Å². The molecule has 1 saturated carbocycles. The zero-order chi connectivity index (χ0) is 28.2. The van der Waals surface area contributed by atoms with E-state index < -0.39 is 11.9 Å². The minimum Gasteiger partial charge on any atom is -0.352 e. The summed E-state index contributed by atoms with van der Waals surface area (Å²) in [7, 11) is 0. The number of nitrogens with zero attached hydrogens (tertiary/aromatic N) is 1. The molecule has 3 atom stereocenters. The number of carbonyl (C=O) groups is 3. The van der Waals surface area contributed by atoms with Gasteiger partial charge in [-0.15, -0.1) is 0 Å². The maximum Gasteiger partial charge on any atom is 0.258 e. The number of rotatable bonds is 6. The van der Waals surface area contributed by atoms with Crippen LogP contribution in [0.1, 0.15) is 70.0 Å². The Kier molecular flexibility index (Phi) is 8.26. The van der Waals surface area contributed by atoms with Crippen molar-refractivity contribution in [1.29, 1.82) is 0 Å². The number of benzene rings is 3. The fraction of sp³-hybridized carbons (Fsp3) is 0.344. The van der Waals surface area contributed by atoms with Crippen molar-refractivity contribution >= 4 is 29.1 Å². The van der Waals surface area contributed by atoms with Crippen molar-refractivity contribution in [2.24, 2.45) is 17.6 Å². The van der Waals surface area contributed by atoms with E-state index in [-0.39, 0.29) is 24.1 Å². The van der Waals surface area contributed by atoms with E-state index in [0.29, 0.717) is 53.0 Å². The van der Waals surface area contributed by atoms with Crippen molar-refractivity contribution in [3.63, 3.8) is 0 Å². The number of aryl methyl sites for hydroxylation is 1. The number of hydrogen-bond donors (Lipinski definition) is 3. The Bertz CT molecular complexity index is 1410. The second-order valence-corrected chi connectivity index (χ2v) is 10.9. The molecule has 2 aliphatic rings. The summed E-state index contributed by atoms with van der Waals surface area (Å²) in [4.78, 5) is 41.8. The number of amides is 3. The van der Waals surface area contributed by atoms with Crippen LogP contribution in [0.25, 0.3) is 0 Å². The van der Waals surface area contributed by atoms with E-state index in [2.05, 4.69) is 10.6 Å². The first kappa shape index (κ1) is 27.5. The lowest BCUT2D eigenvalue weighted by atomic mass is 9.81. The number of nitrogens with two attached hydrogens (primary N) is 1. The molecule has 1 fully saturated rings. The summed E-state index contributed by atoms with van der Waals surface area (Å²) in [6.07, 6.45) is 4.31. The van der Waals surface area contributed by atoms with E-state index in [1.54, 1.807) is 47.4 Å². The minimum atomic E-state index is -0.670. The van der Waals surface area contributed by atoms with Gasteiger partial charge in [-0.05, 0) is 92.6 Å². The van der Waals surface area contributed by atoms with Gasteiger partial charge in [-0.25, -0.2) is 4.39 Å². The minimum absolute atomic E-state index is 0.0244. The average molecular weight is 543 g/mol. The molecule has 40 heavy (non-hydrogen) atoms. The van der Waals surface area contributed by atoms with Gasteiger partial charge >= 0.3 is 0 Å². The van der Waals surface area contributed by atoms with Gasteiger partial charge in [0.2, 0.25) is 5.91 Å². The number of fused-ring (bicyclic) bond motifs is 1. The smallest absolute Gasteiger partial charge is 0.258 e. The quantitative estimate of drug-likeness (QED) is 0.390. The topological polar surface area (TPSA) is 105 Å². The summed E-state index contributed by atoms with van der Waals surface area (Å²) in [6.45, 7) is 3.15. The van der Waals surface area contributed by atoms with Gasteiger partial charge in [0.25, 0.3) is 11.8 Å². The second kappa shape index (κ2) is 12.0. The van der Waals surface area contributed by atoms with Crippen molar-refractivity contribution in [2.75, 3.05) is 23.3 Å².